The van der Waals surface area contributed by atoms with Gasteiger partial charge in [0.05, 0.1) is 6.61 Å². The van der Waals surface area contributed by atoms with Crippen molar-refractivity contribution in [3.63, 3.8) is 0 Å². The number of ether oxygens (including phenoxy) is 1. The van der Waals surface area contributed by atoms with Crippen molar-refractivity contribution in [2.45, 2.75) is 52.8 Å². The van der Waals surface area contributed by atoms with E-state index in [9.17, 15) is 27.2 Å². The minimum atomic E-state index is -4.62. The Bertz CT molecular complexity index is 848. The largest absolute Gasteiger partial charge is 0.461 e. The van der Waals surface area contributed by atoms with Crippen LogP contribution in [0.25, 0.3) is 0 Å². The molecule has 156 valence electrons. The Balaban J connectivity index is 1.84. The van der Waals surface area contributed by atoms with Crippen molar-refractivity contribution in [2.75, 3.05) is 6.61 Å². The highest BCUT2D eigenvalue weighted by Crippen LogP contribution is 2.61. The summed E-state index contributed by atoms with van der Waals surface area (Å²) in [5.41, 5.74) is -1.34. The molecule has 0 saturated heterocycles. The van der Waals surface area contributed by atoms with Crippen LogP contribution in [0, 0.1) is 23.2 Å². The van der Waals surface area contributed by atoms with Crippen LogP contribution in [0.1, 0.15) is 44.2 Å². The molecule has 1 aromatic heterocycles. The quantitative estimate of drug-likeness (QED) is 0.368. The second-order valence-electron chi connectivity index (χ2n) is 8.08. The maximum absolute atomic E-state index is 14.0. The number of aromatic nitrogens is 1. The van der Waals surface area contributed by atoms with E-state index in [1.54, 1.807) is 6.92 Å². The molecule has 1 aromatic rings. The third-order valence-corrected chi connectivity index (χ3v) is 6.71. The van der Waals surface area contributed by atoms with E-state index in [-0.39, 0.29) is 36.3 Å². The predicted molar refractivity (Wildman–Crippen MR) is 96.6 cm³/mol. The molecule has 0 amide bonds. The number of esters is 1. The highest BCUT2D eigenvalue weighted by Gasteiger charge is 2.57. The number of allylic oxidation sites excluding steroid dienone is 1. The van der Waals surface area contributed by atoms with E-state index in [2.05, 4.69) is 4.74 Å². The van der Waals surface area contributed by atoms with Gasteiger partial charge < -0.3 is 4.74 Å². The molecule has 0 spiro atoms. The fraction of sp³-hybridized carbons (Fsp3) is 0.684. The lowest BCUT2D eigenvalue weighted by molar-refractivity contribution is -0.144. The molecule has 2 aliphatic carbocycles. The van der Waals surface area contributed by atoms with Crippen LogP contribution in [0.2, 0.25) is 0 Å². The van der Waals surface area contributed by atoms with E-state index >= 15 is 0 Å². The van der Waals surface area contributed by atoms with E-state index in [1.807, 2.05) is 13.8 Å². The molecule has 0 aliphatic heterocycles. The van der Waals surface area contributed by atoms with Gasteiger partial charge in [0.15, 0.2) is 0 Å². The van der Waals surface area contributed by atoms with Gasteiger partial charge in [-0.05, 0) is 55.4 Å². The number of halogens is 4. The average molecular weight is 421 g/mol. The molecule has 3 rings (SSSR count). The molecule has 0 unspecified atom stereocenters. The average Bonchev–Trinajstić information content (AvgIpc) is 3.43. The lowest BCUT2D eigenvalue weighted by Crippen LogP contribution is -2.23. The van der Waals surface area contributed by atoms with Gasteiger partial charge in [-0.2, -0.15) is 17.6 Å². The summed E-state index contributed by atoms with van der Waals surface area (Å²) in [6.45, 7) is 5.32. The molecule has 2 atom stereocenters. The van der Waals surface area contributed by atoms with Crippen molar-refractivity contribution >= 4 is 17.3 Å². The Morgan fingerprint density at radius 3 is 2.54 bits per heavy atom. The van der Waals surface area contributed by atoms with Crippen LogP contribution in [0.15, 0.2) is 16.7 Å². The van der Waals surface area contributed by atoms with E-state index < -0.39 is 39.9 Å². The standard InChI is InChI=1S/C19H23F4NO3S/c1-4-27-16(25)13(20)7-11-12(18(11,2)3)8-14-15(19(21,22)23)24(17(26)28-14)9-10-5-6-10/h7,10-12H,4-6,8-9H2,1-3H3/t11-,12+/m0/s1. The van der Waals surface area contributed by atoms with Crippen LogP contribution in [0.4, 0.5) is 17.6 Å². The van der Waals surface area contributed by atoms with Gasteiger partial charge in [0.1, 0.15) is 5.69 Å². The summed E-state index contributed by atoms with van der Waals surface area (Å²) < 4.78 is 60.4. The highest BCUT2D eigenvalue weighted by atomic mass is 32.1. The summed E-state index contributed by atoms with van der Waals surface area (Å²) in [4.78, 5) is 23.1. The van der Waals surface area contributed by atoms with Gasteiger partial charge in [-0.15, -0.1) is 0 Å². The number of carbonyl (C=O) groups excluding carboxylic acids is 1. The first-order valence-electron chi connectivity index (χ1n) is 9.31. The summed E-state index contributed by atoms with van der Waals surface area (Å²) in [6, 6.07) is 0. The molecule has 0 N–H and O–H groups in total. The maximum atomic E-state index is 14.0. The van der Waals surface area contributed by atoms with Crippen LogP contribution in [0.3, 0.4) is 0 Å². The first kappa shape index (κ1) is 21.1. The third-order valence-electron chi connectivity index (χ3n) is 5.71. The second kappa shape index (κ2) is 7.31. The Morgan fingerprint density at radius 1 is 1.36 bits per heavy atom. The summed E-state index contributed by atoms with van der Waals surface area (Å²) in [5, 5.41) is 0. The summed E-state index contributed by atoms with van der Waals surface area (Å²) in [7, 11) is 0. The van der Waals surface area contributed by atoms with Crippen LogP contribution in [-0.4, -0.2) is 17.1 Å². The molecule has 9 heteroatoms. The van der Waals surface area contributed by atoms with E-state index in [1.165, 1.54) is 0 Å². The van der Waals surface area contributed by atoms with Crippen molar-refractivity contribution in [2.24, 2.45) is 23.2 Å². The molecule has 2 saturated carbocycles. The van der Waals surface area contributed by atoms with Crippen molar-refractivity contribution in [1.82, 2.24) is 4.57 Å². The number of alkyl halides is 3. The summed E-state index contributed by atoms with van der Waals surface area (Å²) in [6.07, 6.45) is -1.78. The Morgan fingerprint density at radius 2 is 2.00 bits per heavy atom. The van der Waals surface area contributed by atoms with Crippen LogP contribution >= 0.6 is 11.3 Å². The zero-order valence-corrected chi connectivity index (χ0v) is 16.8. The fourth-order valence-corrected chi connectivity index (χ4v) is 4.83. The van der Waals surface area contributed by atoms with Crippen molar-refractivity contribution in [1.29, 1.82) is 0 Å². The number of carbonyl (C=O) groups is 1. The number of hydrogen-bond acceptors (Lipinski definition) is 4. The normalized spacial score (nSPS) is 24.3. The zero-order chi connectivity index (χ0) is 20.9. The SMILES string of the molecule is CCOC(=O)C(F)=C[C@H]1[C@@H](Cc2sc(=O)n(CC3CC3)c2C(F)(F)F)C1(C)C. The minimum absolute atomic E-state index is 0.0105. The minimum Gasteiger partial charge on any atom is -0.461 e. The smallest absolute Gasteiger partial charge is 0.432 e. The Hall–Kier alpha value is -1.64. The maximum Gasteiger partial charge on any atom is 0.432 e. The molecule has 0 bridgehead atoms. The first-order valence-corrected chi connectivity index (χ1v) is 10.1. The number of thiazole rings is 1. The van der Waals surface area contributed by atoms with Crippen molar-refractivity contribution < 1.29 is 27.1 Å². The summed E-state index contributed by atoms with van der Waals surface area (Å²) in [5.74, 6) is -2.65. The molecule has 0 radical (unpaired) electrons. The van der Waals surface area contributed by atoms with E-state index in [0.717, 1.165) is 23.5 Å². The zero-order valence-electron chi connectivity index (χ0n) is 15.9. The van der Waals surface area contributed by atoms with Gasteiger partial charge in [0.2, 0.25) is 5.83 Å². The van der Waals surface area contributed by atoms with Crippen LogP contribution in [-0.2, 0) is 28.7 Å². The first-order chi connectivity index (χ1) is 13.0. The molecule has 0 aromatic carbocycles. The number of nitrogens with zero attached hydrogens (tertiary/aromatic N) is 1. The lowest BCUT2D eigenvalue weighted by Gasteiger charge is -2.13. The fourth-order valence-electron chi connectivity index (χ4n) is 3.76. The molecular formula is C19H23F4NO3S. The molecule has 28 heavy (non-hydrogen) atoms. The molecule has 4 nitrogen and oxygen atoms in total. The van der Waals surface area contributed by atoms with E-state index in [0.29, 0.717) is 11.3 Å². The number of hydrogen-bond donors (Lipinski definition) is 0. The molecule has 2 aliphatic rings. The van der Waals surface area contributed by atoms with Gasteiger partial charge in [-0.3, -0.25) is 9.36 Å². The summed E-state index contributed by atoms with van der Waals surface area (Å²) >= 11 is 0.623. The predicted octanol–water partition coefficient (Wildman–Crippen LogP) is 4.57. The monoisotopic (exact) mass is 421 g/mol. The van der Waals surface area contributed by atoms with Gasteiger partial charge in [-0.1, -0.05) is 25.2 Å². The van der Waals surface area contributed by atoms with Gasteiger partial charge in [-0.25, -0.2) is 4.79 Å². The topological polar surface area (TPSA) is 48.3 Å². The van der Waals surface area contributed by atoms with Gasteiger partial charge in [0.25, 0.3) is 0 Å². The molecule has 1 heterocycles. The Kier molecular flexibility index (Phi) is 5.51. The number of rotatable bonds is 7. The van der Waals surface area contributed by atoms with Crippen molar-refractivity contribution in [3.8, 4) is 0 Å². The molecule has 2 fully saturated rings. The van der Waals surface area contributed by atoms with Crippen molar-refractivity contribution in [3.05, 3.63) is 32.1 Å². The second-order valence-corrected chi connectivity index (χ2v) is 9.13. The van der Waals surface area contributed by atoms with Gasteiger partial charge in [0, 0.05) is 11.4 Å². The Labute approximate surface area is 164 Å². The lowest BCUT2D eigenvalue weighted by atomic mass is 10.1. The van der Waals surface area contributed by atoms with Gasteiger partial charge >= 0.3 is 17.0 Å². The van der Waals surface area contributed by atoms with Crippen LogP contribution in [0.5, 0.6) is 0 Å². The third kappa shape index (κ3) is 4.18. The molecular weight excluding hydrogens is 398 g/mol. The van der Waals surface area contributed by atoms with Crippen LogP contribution < -0.4 is 4.87 Å². The van der Waals surface area contributed by atoms with E-state index in [4.69, 9.17) is 0 Å². The highest BCUT2D eigenvalue weighted by molar-refractivity contribution is 7.09.